The van der Waals surface area contributed by atoms with Gasteiger partial charge in [-0.15, -0.1) is 0 Å². The molecule has 1 rings (SSSR count). The second kappa shape index (κ2) is 10.00. The van der Waals surface area contributed by atoms with E-state index in [9.17, 15) is 4.79 Å². The molecule has 0 amide bonds. The molecule has 0 bridgehead atoms. The van der Waals surface area contributed by atoms with Gasteiger partial charge in [0.2, 0.25) is 0 Å². The molecule has 4 nitrogen and oxygen atoms in total. The number of rotatable bonds is 9. The van der Waals surface area contributed by atoms with Crippen molar-refractivity contribution in [2.75, 3.05) is 7.11 Å². The number of ether oxygens (including phenoxy) is 1. The smallest absolute Gasteiger partial charge is 0.339 e. The van der Waals surface area contributed by atoms with Crippen LogP contribution in [0.4, 0.5) is 0 Å². The molecule has 1 aromatic heterocycles. The molecule has 21 heavy (non-hydrogen) atoms. The van der Waals surface area contributed by atoms with Gasteiger partial charge < -0.3 is 14.3 Å². The number of allylic oxidation sites excluding steroid dienone is 3. The molecule has 0 unspecified atom stereocenters. The Morgan fingerprint density at radius 1 is 1.29 bits per heavy atom. The highest BCUT2D eigenvalue weighted by Gasteiger charge is 1.97. The van der Waals surface area contributed by atoms with Crippen LogP contribution in [0.2, 0.25) is 0 Å². The summed E-state index contributed by atoms with van der Waals surface area (Å²) in [6.45, 7) is 1.82. The van der Waals surface area contributed by atoms with E-state index in [1.165, 1.54) is 13.2 Å². The lowest BCUT2D eigenvalue weighted by molar-refractivity contribution is 0.180. The van der Waals surface area contributed by atoms with Crippen molar-refractivity contribution in [1.82, 2.24) is 0 Å². The van der Waals surface area contributed by atoms with Crippen molar-refractivity contribution in [3.63, 3.8) is 0 Å². The van der Waals surface area contributed by atoms with Crippen molar-refractivity contribution >= 4 is 6.08 Å². The molecule has 0 radical (unpaired) electrons. The Labute approximate surface area is 125 Å². The highest BCUT2D eigenvalue weighted by molar-refractivity contribution is 5.46. The van der Waals surface area contributed by atoms with Crippen LogP contribution in [0.15, 0.2) is 39.6 Å². The molecule has 1 N–H and O–H groups in total. The van der Waals surface area contributed by atoms with Crippen molar-refractivity contribution in [3.05, 3.63) is 46.5 Å². The first-order chi connectivity index (χ1) is 10.1. The highest BCUT2D eigenvalue weighted by Crippen LogP contribution is 2.11. The number of methoxy groups -OCH3 is 1. The number of hydrogen-bond donors (Lipinski definition) is 1. The lowest BCUT2D eigenvalue weighted by Gasteiger charge is -2.01. The Morgan fingerprint density at radius 3 is 2.81 bits per heavy atom. The minimum absolute atomic E-state index is 0.194. The molecule has 4 heteroatoms. The fourth-order valence-electron chi connectivity index (χ4n) is 1.88. The maximum absolute atomic E-state index is 11.2. The van der Waals surface area contributed by atoms with E-state index < -0.39 is 5.63 Å². The molecule has 0 spiro atoms. The molecule has 1 atom stereocenters. The average Bonchev–Trinajstić information content (AvgIpc) is 2.44. The lowest BCUT2D eigenvalue weighted by Crippen LogP contribution is -1.98. The summed E-state index contributed by atoms with van der Waals surface area (Å²) in [6, 6.07) is 2.97. The second-order valence-electron chi connectivity index (χ2n) is 4.99. The van der Waals surface area contributed by atoms with Crippen molar-refractivity contribution in [3.8, 4) is 5.75 Å². The fourth-order valence-corrected chi connectivity index (χ4v) is 1.88. The fraction of sp³-hybridized carbons (Fsp3) is 0.471. The third-order valence-corrected chi connectivity index (χ3v) is 3.00. The van der Waals surface area contributed by atoms with E-state index in [1.54, 1.807) is 12.1 Å². The Hall–Kier alpha value is -1.81. The summed E-state index contributed by atoms with van der Waals surface area (Å²) in [5.74, 6) is 0.967. The molecule has 0 aliphatic heterocycles. The zero-order valence-electron chi connectivity index (χ0n) is 12.7. The van der Waals surface area contributed by atoms with E-state index in [-0.39, 0.29) is 6.10 Å². The van der Waals surface area contributed by atoms with E-state index in [0.29, 0.717) is 11.5 Å². The van der Waals surface area contributed by atoms with Gasteiger partial charge in [-0.25, -0.2) is 4.79 Å². The minimum Gasteiger partial charge on any atom is -0.496 e. The molecule has 0 fully saturated rings. The van der Waals surface area contributed by atoms with Crippen LogP contribution in [0.1, 0.15) is 44.8 Å². The Bertz CT molecular complexity index is 512. The molecule has 0 aromatic carbocycles. The zero-order valence-corrected chi connectivity index (χ0v) is 12.7. The van der Waals surface area contributed by atoms with Gasteiger partial charge in [-0.05, 0) is 32.3 Å². The van der Waals surface area contributed by atoms with E-state index in [2.05, 4.69) is 6.08 Å². The van der Waals surface area contributed by atoms with Crippen molar-refractivity contribution in [1.29, 1.82) is 0 Å². The maximum atomic E-state index is 11.2. The van der Waals surface area contributed by atoms with Gasteiger partial charge in [0.1, 0.15) is 11.5 Å². The lowest BCUT2D eigenvalue weighted by atomic mass is 10.1. The zero-order chi connectivity index (χ0) is 15.5. The average molecular weight is 292 g/mol. The van der Waals surface area contributed by atoms with Gasteiger partial charge in [0, 0.05) is 6.07 Å². The summed E-state index contributed by atoms with van der Waals surface area (Å²) >= 11 is 0. The molecule has 0 saturated carbocycles. The van der Waals surface area contributed by atoms with Gasteiger partial charge >= 0.3 is 5.63 Å². The van der Waals surface area contributed by atoms with E-state index in [0.717, 1.165) is 32.1 Å². The van der Waals surface area contributed by atoms with Crippen LogP contribution in [0.5, 0.6) is 5.75 Å². The molecule has 1 aromatic rings. The molecule has 0 saturated heterocycles. The first-order valence-corrected chi connectivity index (χ1v) is 7.32. The third kappa shape index (κ3) is 8.15. The molecular weight excluding hydrogens is 268 g/mol. The molecular formula is C17H24O4. The summed E-state index contributed by atoms with van der Waals surface area (Å²) < 4.78 is 10.0. The first-order valence-electron chi connectivity index (χ1n) is 7.32. The van der Waals surface area contributed by atoms with Gasteiger partial charge in [-0.2, -0.15) is 0 Å². The van der Waals surface area contributed by atoms with Gasteiger partial charge in [-0.1, -0.05) is 31.1 Å². The SMILES string of the molecule is COc1cc(/C=C/C=C/CCCCC[C@H](C)O)oc(=O)c1. The summed E-state index contributed by atoms with van der Waals surface area (Å²) in [5, 5.41) is 9.13. The van der Waals surface area contributed by atoms with Crippen molar-refractivity contribution < 1.29 is 14.3 Å². The maximum Gasteiger partial charge on any atom is 0.339 e. The number of aliphatic hydroxyl groups is 1. The third-order valence-electron chi connectivity index (χ3n) is 3.00. The van der Waals surface area contributed by atoms with Crippen molar-refractivity contribution in [2.45, 2.75) is 45.1 Å². The van der Waals surface area contributed by atoms with Gasteiger partial charge in [0.05, 0.1) is 19.3 Å². The number of unbranched alkanes of at least 4 members (excludes halogenated alkanes) is 3. The van der Waals surface area contributed by atoms with Crippen LogP contribution < -0.4 is 10.4 Å². The number of aliphatic hydroxyl groups excluding tert-OH is 1. The quantitative estimate of drug-likeness (QED) is 0.558. The Morgan fingerprint density at radius 2 is 2.10 bits per heavy atom. The summed E-state index contributed by atoms with van der Waals surface area (Å²) in [6.07, 6.45) is 12.6. The van der Waals surface area contributed by atoms with Crippen molar-refractivity contribution in [2.24, 2.45) is 0 Å². The topological polar surface area (TPSA) is 59.7 Å². The monoisotopic (exact) mass is 292 g/mol. The van der Waals surface area contributed by atoms with E-state index in [1.807, 2.05) is 19.1 Å². The van der Waals surface area contributed by atoms with Crippen LogP contribution in [0, 0.1) is 0 Å². The Balaban J connectivity index is 2.29. The predicted molar refractivity (Wildman–Crippen MR) is 84.5 cm³/mol. The summed E-state index contributed by atoms with van der Waals surface area (Å²) in [7, 11) is 1.51. The highest BCUT2D eigenvalue weighted by atomic mass is 16.5. The molecule has 0 aliphatic carbocycles. The summed E-state index contributed by atoms with van der Waals surface area (Å²) in [5.41, 5.74) is -0.420. The second-order valence-corrected chi connectivity index (χ2v) is 4.99. The minimum atomic E-state index is -0.420. The van der Waals surface area contributed by atoms with Gasteiger partial charge in [-0.3, -0.25) is 0 Å². The summed E-state index contributed by atoms with van der Waals surface area (Å²) in [4.78, 5) is 11.2. The van der Waals surface area contributed by atoms with E-state index >= 15 is 0 Å². The number of hydrogen-bond acceptors (Lipinski definition) is 4. The van der Waals surface area contributed by atoms with Crippen LogP contribution in [-0.2, 0) is 0 Å². The van der Waals surface area contributed by atoms with Crippen LogP contribution in [-0.4, -0.2) is 18.3 Å². The van der Waals surface area contributed by atoms with Crippen LogP contribution in [0.25, 0.3) is 6.08 Å². The molecule has 0 aliphatic rings. The Kier molecular flexibility index (Phi) is 8.21. The van der Waals surface area contributed by atoms with Crippen LogP contribution in [0.3, 0.4) is 0 Å². The molecule has 116 valence electrons. The van der Waals surface area contributed by atoms with Gasteiger partial charge in [0.15, 0.2) is 0 Å². The normalized spacial score (nSPS) is 13.1. The first kappa shape index (κ1) is 17.2. The standard InChI is InChI=1S/C17H24O4/c1-14(18)10-8-6-4-3-5-7-9-11-15-12-16(20-2)13-17(19)21-15/h5,7,9,11-14,18H,3-4,6,8,10H2,1-2H3/b7-5+,11-9+/t14-/m0/s1. The largest absolute Gasteiger partial charge is 0.496 e. The predicted octanol–water partition coefficient (Wildman–Crippen LogP) is 3.55. The molecule has 1 heterocycles. The van der Waals surface area contributed by atoms with Crippen LogP contribution >= 0.6 is 0 Å². The van der Waals surface area contributed by atoms with E-state index in [4.69, 9.17) is 14.3 Å². The van der Waals surface area contributed by atoms with Gasteiger partial charge in [0.25, 0.3) is 0 Å².